The van der Waals surface area contributed by atoms with Crippen LogP contribution in [0.1, 0.15) is 0 Å². The van der Waals surface area contributed by atoms with Crippen LogP contribution in [0.5, 0.6) is 0 Å². The molecule has 0 aromatic heterocycles. The minimum Gasteiger partial charge on any atom is -0.672 e. The normalized spacial score (nSPS) is 4.80. The van der Waals surface area contributed by atoms with Gasteiger partial charge in [0.2, 0.25) is 0 Å². The molecule has 0 aliphatic carbocycles. The molecule has 0 N–H and O–H groups in total. The summed E-state index contributed by atoms with van der Waals surface area (Å²) in [5, 5.41) is 0. The molecule has 0 rings (SSSR count). The molecule has 0 saturated heterocycles. The Labute approximate surface area is 116 Å². The fourth-order valence-corrected chi connectivity index (χ4v) is 0. The number of hydrogen-bond donors (Lipinski definition) is 0. The molecule has 0 radical (unpaired) electrons. The van der Waals surface area contributed by atoms with Crippen molar-refractivity contribution >= 4 is 38.1 Å². The average molecular weight is 261 g/mol. The second kappa shape index (κ2) is 16.9. The third-order valence-electron chi connectivity index (χ3n) is 0. The van der Waals surface area contributed by atoms with Gasteiger partial charge >= 0.3 is 71.2 Å². The molecular formula is GaKO6Si2. The minimum absolute atomic E-state index is 0. The zero-order valence-electron chi connectivity index (χ0n) is 5.03. The van der Waals surface area contributed by atoms with E-state index in [2.05, 4.69) is 0 Å². The van der Waals surface area contributed by atoms with E-state index in [1.165, 1.54) is 0 Å². The largest absolute Gasteiger partial charge is 3.00 e. The van der Waals surface area contributed by atoms with Crippen LogP contribution in [0.15, 0.2) is 0 Å². The number of hydrogen-bond acceptors (Lipinski definition) is 6. The van der Waals surface area contributed by atoms with Crippen molar-refractivity contribution in [3.05, 3.63) is 0 Å². The summed E-state index contributed by atoms with van der Waals surface area (Å²) in [6.45, 7) is 0. The fraction of sp³-hybridized carbons (Fsp3) is 0. The van der Waals surface area contributed by atoms with Crippen LogP contribution in [0.4, 0.5) is 0 Å². The van der Waals surface area contributed by atoms with Crippen LogP contribution in [0.3, 0.4) is 0 Å². The molecule has 48 valence electrons. The molecule has 0 saturated carbocycles. The molecule has 0 amide bonds. The van der Waals surface area contributed by atoms with Gasteiger partial charge in [0.05, 0.1) is 0 Å². The molecule has 0 spiro atoms. The van der Waals surface area contributed by atoms with Gasteiger partial charge in [-0.3, -0.25) is 0 Å². The van der Waals surface area contributed by atoms with Crippen LogP contribution in [-0.4, -0.2) is 38.1 Å². The monoisotopic (exact) mass is 260 g/mol. The SMILES string of the molecule is O=[Si]([O-])[O-].O=[Si]([O-])[O-].[Ga+3].[K+]. The van der Waals surface area contributed by atoms with Gasteiger partial charge in [-0.05, 0) is 0 Å². The van der Waals surface area contributed by atoms with E-state index in [-0.39, 0.29) is 71.2 Å². The second-order valence-corrected chi connectivity index (χ2v) is 1.50. The summed E-state index contributed by atoms with van der Waals surface area (Å²) in [4.78, 5) is 34.1. The first kappa shape index (κ1) is 22.5. The van der Waals surface area contributed by atoms with E-state index in [4.69, 9.17) is 28.1 Å². The van der Waals surface area contributed by atoms with Crippen LogP contribution in [0.2, 0.25) is 0 Å². The molecule has 0 aromatic carbocycles. The van der Waals surface area contributed by atoms with Crippen LogP contribution >= 0.6 is 0 Å². The first-order chi connectivity index (χ1) is 3.46. The molecule has 0 unspecified atom stereocenters. The third kappa shape index (κ3) is 303. The molecule has 0 heterocycles. The van der Waals surface area contributed by atoms with Crippen molar-refractivity contribution in [3.8, 4) is 0 Å². The van der Waals surface area contributed by atoms with E-state index in [0.717, 1.165) is 0 Å². The van der Waals surface area contributed by atoms with Gasteiger partial charge in [0.15, 0.2) is 0 Å². The van der Waals surface area contributed by atoms with Crippen molar-refractivity contribution in [2.45, 2.75) is 0 Å². The molecule has 0 atom stereocenters. The van der Waals surface area contributed by atoms with Gasteiger partial charge in [0.25, 0.3) is 0 Å². The molecular weight excluding hydrogens is 261 g/mol. The Morgan fingerprint density at radius 1 is 0.800 bits per heavy atom. The summed E-state index contributed by atoms with van der Waals surface area (Å²) >= 11 is 0. The van der Waals surface area contributed by atoms with E-state index in [1.54, 1.807) is 0 Å². The molecule has 0 fully saturated rings. The van der Waals surface area contributed by atoms with Gasteiger partial charge in [-0.15, -0.1) is 0 Å². The van der Waals surface area contributed by atoms with E-state index in [0.29, 0.717) is 0 Å². The zero-order valence-corrected chi connectivity index (χ0v) is 12.6. The Bertz CT molecular complexity index is 73.7. The molecule has 0 aliphatic heterocycles. The van der Waals surface area contributed by atoms with Gasteiger partial charge in [0, 0.05) is 18.3 Å². The van der Waals surface area contributed by atoms with Crippen LogP contribution in [-0.2, 0) is 8.92 Å². The summed E-state index contributed by atoms with van der Waals surface area (Å²) in [7, 11) is -7.26. The van der Waals surface area contributed by atoms with Gasteiger partial charge < -0.3 is 28.1 Å². The van der Waals surface area contributed by atoms with Gasteiger partial charge in [-0.1, -0.05) is 0 Å². The van der Waals surface area contributed by atoms with Crippen molar-refractivity contribution in [2.75, 3.05) is 0 Å². The summed E-state index contributed by atoms with van der Waals surface area (Å²) in [6.07, 6.45) is 0. The van der Waals surface area contributed by atoms with Crippen molar-refractivity contribution in [1.29, 1.82) is 0 Å². The molecule has 10 heteroatoms. The Morgan fingerprint density at radius 3 is 0.800 bits per heavy atom. The smallest absolute Gasteiger partial charge is 0.672 e. The van der Waals surface area contributed by atoms with Crippen molar-refractivity contribution < 1.29 is 79.5 Å². The van der Waals surface area contributed by atoms with Gasteiger partial charge in [-0.25, -0.2) is 0 Å². The predicted octanol–water partition coefficient (Wildman–Crippen LogP) is -9.13. The van der Waals surface area contributed by atoms with Crippen LogP contribution in [0.25, 0.3) is 0 Å². The average Bonchev–Trinajstić information content (AvgIpc) is 1.25. The molecule has 0 aliphatic rings. The maximum atomic E-state index is 8.52. The van der Waals surface area contributed by atoms with E-state index >= 15 is 0 Å². The van der Waals surface area contributed by atoms with Crippen molar-refractivity contribution in [2.24, 2.45) is 0 Å². The minimum atomic E-state index is -3.63. The molecule has 0 aromatic rings. The first-order valence-electron chi connectivity index (χ1n) is 1.22. The zero-order chi connectivity index (χ0) is 7.15. The van der Waals surface area contributed by atoms with Crippen molar-refractivity contribution in [1.82, 2.24) is 0 Å². The maximum Gasteiger partial charge on any atom is 3.00 e. The van der Waals surface area contributed by atoms with E-state index in [1.807, 2.05) is 0 Å². The third-order valence-corrected chi connectivity index (χ3v) is 0. The molecule has 6 nitrogen and oxygen atoms in total. The topological polar surface area (TPSA) is 126 Å². The summed E-state index contributed by atoms with van der Waals surface area (Å²) < 4.78 is 17.0. The molecule has 0 bridgehead atoms. The molecule has 10 heavy (non-hydrogen) atoms. The van der Waals surface area contributed by atoms with Crippen LogP contribution in [0, 0.1) is 0 Å². The fourth-order valence-electron chi connectivity index (χ4n) is 0. The van der Waals surface area contributed by atoms with E-state index in [9.17, 15) is 0 Å². The Hall–Kier alpha value is 1.51. The quantitative estimate of drug-likeness (QED) is 0.398. The van der Waals surface area contributed by atoms with Gasteiger partial charge in [0.1, 0.15) is 0 Å². The summed E-state index contributed by atoms with van der Waals surface area (Å²) in [6, 6.07) is 0. The second-order valence-electron chi connectivity index (χ2n) is 0.500. The Kier molecular flexibility index (Phi) is 38.0. The van der Waals surface area contributed by atoms with Crippen molar-refractivity contribution in [3.63, 3.8) is 0 Å². The summed E-state index contributed by atoms with van der Waals surface area (Å²) in [5.74, 6) is 0. The summed E-state index contributed by atoms with van der Waals surface area (Å²) in [5.41, 5.74) is 0. The predicted molar refractivity (Wildman–Crippen MR) is 18.6 cm³/mol. The Balaban J connectivity index is -0.0000000300. The Morgan fingerprint density at radius 2 is 0.800 bits per heavy atom. The number of rotatable bonds is 0. The van der Waals surface area contributed by atoms with Gasteiger partial charge in [-0.2, -0.15) is 0 Å². The standard InChI is InChI=1S/Ga.K.2O3Si/c;;2*1-4(2)3/q+3;+1;2*-2. The first-order valence-corrected chi connectivity index (χ1v) is 3.67. The maximum absolute atomic E-state index is 8.52. The van der Waals surface area contributed by atoms with Crippen LogP contribution < -0.4 is 70.6 Å². The van der Waals surface area contributed by atoms with E-state index < -0.39 is 18.3 Å².